The molecular formula is C15H33N. The molecule has 0 aromatic carbocycles. The van der Waals surface area contributed by atoms with Crippen molar-refractivity contribution in [1.29, 1.82) is 0 Å². The van der Waals surface area contributed by atoms with Gasteiger partial charge in [-0.3, -0.25) is 0 Å². The summed E-state index contributed by atoms with van der Waals surface area (Å²) in [6, 6.07) is 0. The van der Waals surface area contributed by atoms with Gasteiger partial charge in [0.15, 0.2) is 0 Å². The van der Waals surface area contributed by atoms with E-state index in [9.17, 15) is 0 Å². The van der Waals surface area contributed by atoms with Gasteiger partial charge in [-0.05, 0) is 56.0 Å². The van der Waals surface area contributed by atoms with Gasteiger partial charge in [-0.1, -0.05) is 41.5 Å². The highest BCUT2D eigenvalue weighted by Gasteiger charge is 2.29. The van der Waals surface area contributed by atoms with Crippen molar-refractivity contribution in [3.63, 3.8) is 0 Å². The van der Waals surface area contributed by atoms with E-state index in [0.29, 0.717) is 5.41 Å². The van der Waals surface area contributed by atoms with E-state index < -0.39 is 0 Å². The molecule has 0 aliphatic heterocycles. The molecule has 0 bridgehead atoms. The smallest absolute Gasteiger partial charge is 0.00206 e. The minimum atomic E-state index is 0.531. The van der Waals surface area contributed by atoms with Crippen LogP contribution in [0.25, 0.3) is 0 Å². The normalized spacial score (nSPS) is 25.9. The summed E-state index contributed by atoms with van der Waals surface area (Å²) in [5.74, 6) is 1.91. The van der Waals surface area contributed by atoms with Gasteiger partial charge in [0.25, 0.3) is 0 Å². The molecule has 0 heterocycles. The van der Waals surface area contributed by atoms with Gasteiger partial charge in [0.05, 0.1) is 0 Å². The van der Waals surface area contributed by atoms with Crippen LogP contribution in [0.4, 0.5) is 0 Å². The van der Waals surface area contributed by atoms with Gasteiger partial charge in [-0.25, -0.2) is 0 Å². The van der Waals surface area contributed by atoms with Crippen molar-refractivity contribution in [2.75, 3.05) is 13.1 Å². The second kappa shape index (κ2) is 8.11. The minimum Gasteiger partial charge on any atom is -0.317 e. The third-order valence-corrected chi connectivity index (χ3v) is 3.75. The first-order chi connectivity index (χ1) is 7.54. The van der Waals surface area contributed by atoms with Gasteiger partial charge in [0, 0.05) is 0 Å². The van der Waals surface area contributed by atoms with E-state index in [2.05, 4.69) is 33.0 Å². The van der Waals surface area contributed by atoms with Crippen LogP contribution in [0.15, 0.2) is 0 Å². The SMILES string of the molecule is CC.CCNCC1CCC(C(C)(C)C)CC1. The highest BCUT2D eigenvalue weighted by atomic mass is 14.8. The number of hydrogen-bond donors (Lipinski definition) is 1. The maximum atomic E-state index is 3.47. The van der Waals surface area contributed by atoms with E-state index in [1.807, 2.05) is 13.8 Å². The van der Waals surface area contributed by atoms with E-state index in [-0.39, 0.29) is 0 Å². The van der Waals surface area contributed by atoms with Crippen LogP contribution in [-0.2, 0) is 0 Å². The molecule has 0 radical (unpaired) electrons. The van der Waals surface area contributed by atoms with Crippen LogP contribution in [0.1, 0.15) is 67.2 Å². The largest absolute Gasteiger partial charge is 0.317 e. The average Bonchev–Trinajstić information content (AvgIpc) is 2.28. The Hall–Kier alpha value is -0.0400. The molecule has 0 atom stereocenters. The molecule has 1 saturated carbocycles. The van der Waals surface area contributed by atoms with Crippen molar-refractivity contribution in [2.45, 2.75) is 67.2 Å². The molecule has 1 aliphatic carbocycles. The third kappa shape index (κ3) is 5.89. The van der Waals surface area contributed by atoms with Crippen molar-refractivity contribution in [3.05, 3.63) is 0 Å². The Labute approximate surface area is 103 Å². The predicted octanol–water partition coefficient (Wildman–Crippen LogP) is 4.47. The molecule has 0 aromatic rings. The second-order valence-electron chi connectivity index (χ2n) is 5.89. The third-order valence-electron chi connectivity index (χ3n) is 3.75. The van der Waals surface area contributed by atoms with E-state index >= 15 is 0 Å². The van der Waals surface area contributed by atoms with Crippen LogP contribution >= 0.6 is 0 Å². The van der Waals surface area contributed by atoms with E-state index in [0.717, 1.165) is 18.4 Å². The van der Waals surface area contributed by atoms with Gasteiger partial charge in [-0.2, -0.15) is 0 Å². The summed E-state index contributed by atoms with van der Waals surface area (Å²) in [4.78, 5) is 0. The first-order valence-electron chi connectivity index (χ1n) is 7.24. The Kier molecular flexibility index (Phi) is 8.09. The van der Waals surface area contributed by atoms with Crippen molar-refractivity contribution >= 4 is 0 Å². The van der Waals surface area contributed by atoms with E-state index in [4.69, 9.17) is 0 Å². The van der Waals surface area contributed by atoms with Crippen molar-refractivity contribution < 1.29 is 0 Å². The Morgan fingerprint density at radius 3 is 1.88 bits per heavy atom. The zero-order valence-electron chi connectivity index (χ0n) is 12.4. The summed E-state index contributed by atoms with van der Waals surface area (Å²) in [5.41, 5.74) is 0.531. The lowest BCUT2D eigenvalue weighted by Gasteiger charge is -2.37. The summed E-state index contributed by atoms with van der Waals surface area (Å²) in [7, 11) is 0. The fourth-order valence-corrected chi connectivity index (χ4v) is 2.58. The van der Waals surface area contributed by atoms with Gasteiger partial charge < -0.3 is 5.32 Å². The van der Waals surface area contributed by atoms with Crippen LogP contribution in [0.5, 0.6) is 0 Å². The predicted molar refractivity (Wildman–Crippen MR) is 74.8 cm³/mol. The molecule has 0 aromatic heterocycles. The Morgan fingerprint density at radius 1 is 1.00 bits per heavy atom. The molecule has 1 rings (SSSR count). The van der Waals surface area contributed by atoms with Gasteiger partial charge >= 0.3 is 0 Å². The van der Waals surface area contributed by atoms with Gasteiger partial charge in [0.1, 0.15) is 0 Å². The molecule has 98 valence electrons. The van der Waals surface area contributed by atoms with Crippen LogP contribution in [0, 0.1) is 17.3 Å². The zero-order chi connectivity index (χ0) is 12.6. The maximum Gasteiger partial charge on any atom is -0.00206 e. The average molecular weight is 227 g/mol. The highest BCUT2D eigenvalue weighted by Crippen LogP contribution is 2.39. The molecule has 0 amide bonds. The van der Waals surface area contributed by atoms with Crippen molar-refractivity contribution in [1.82, 2.24) is 5.32 Å². The van der Waals surface area contributed by atoms with Crippen LogP contribution in [0.3, 0.4) is 0 Å². The molecule has 1 heteroatoms. The molecule has 16 heavy (non-hydrogen) atoms. The molecule has 1 nitrogen and oxygen atoms in total. The summed E-state index contributed by atoms with van der Waals surface area (Å²) >= 11 is 0. The van der Waals surface area contributed by atoms with Crippen LogP contribution in [-0.4, -0.2) is 13.1 Å². The topological polar surface area (TPSA) is 12.0 Å². The zero-order valence-corrected chi connectivity index (χ0v) is 12.4. The number of rotatable bonds is 3. The lowest BCUT2D eigenvalue weighted by Crippen LogP contribution is -2.30. The fraction of sp³-hybridized carbons (Fsp3) is 1.00. The highest BCUT2D eigenvalue weighted by molar-refractivity contribution is 4.81. The standard InChI is InChI=1S/C13H27N.C2H6/c1-5-14-10-11-6-8-12(9-7-11)13(2,3)4;1-2/h11-12,14H,5-10H2,1-4H3;1-2H3. The first kappa shape index (κ1) is 16.0. The van der Waals surface area contributed by atoms with Crippen LogP contribution in [0.2, 0.25) is 0 Å². The Balaban J connectivity index is 0.00000106. The quantitative estimate of drug-likeness (QED) is 0.750. The molecular weight excluding hydrogens is 194 g/mol. The van der Waals surface area contributed by atoms with Crippen molar-refractivity contribution in [2.24, 2.45) is 17.3 Å². The monoisotopic (exact) mass is 227 g/mol. The summed E-state index contributed by atoms with van der Waals surface area (Å²) in [5, 5.41) is 3.47. The van der Waals surface area contributed by atoms with Gasteiger partial charge in [-0.15, -0.1) is 0 Å². The van der Waals surface area contributed by atoms with Gasteiger partial charge in [0.2, 0.25) is 0 Å². The molecule has 0 spiro atoms. The lowest BCUT2D eigenvalue weighted by atomic mass is 9.70. The second-order valence-corrected chi connectivity index (χ2v) is 5.89. The molecule has 0 saturated heterocycles. The van der Waals surface area contributed by atoms with E-state index in [1.54, 1.807) is 0 Å². The number of hydrogen-bond acceptors (Lipinski definition) is 1. The Morgan fingerprint density at radius 2 is 1.50 bits per heavy atom. The first-order valence-corrected chi connectivity index (χ1v) is 7.24. The Bertz CT molecular complexity index is 149. The molecule has 0 unspecified atom stereocenters. The molecule has 1 aliphatic rings. The minimum absolute atomic E-state index is 0.531. The van der Waals surface area contributed by atoms with Crippen molar-refractivity contribution in [3.8, 4) is 0 Å². The molecule has 1 fully saturated rings. The van der Waals surface area contributed by atoms with Crippen LogP contribution < -0.4 is 5.32 Å². The lowest BCUT2D eigenvalue weighted by molar-refractivity contribution is 0.149. The summed E-state index contributed by atoms with van der Waals surface area (Å²) < 4.78 is 0. The summed E-state index contributed by atoms with van der Waals surface area (Å²) in [6.07, 6.45) is 5.77. The molecule has 1 N–H and O–H groups in total. The van der Waals surface area contributed by atoms with E-state index in [1.165, 1.54) is 32.2 Å². The summed E-state index contributed by atoms with van der Waals surface area (Å²) in [6.45, 7) is 15.7. The maximum absolute atomic E-state index is 3.47. The fourth-order valence-electron chi connectivity index (χ4n) is 2.58. The number of nitrogens with one attached hydrogen (secondary N) is 1.